The van der Waals surface area contributed by atoms with Crippen LogP contribution in [0.4, 0.5) is 34.1 Å². The van der Waals surface area contributed by atoms with Gasteiger partial charge < -0.3 is 40.4 Å². The second-order valence-electron chi connectivity index (χ2n) is 17.5. The van der Waals surface area contributed by atoms with Gasteiger partial charge in [0.05, 0.1) is 33.6 Å². The quantitative estimate of drug-likeness (QED) is 0.0715. The lowest BCUT2D eigenvalue weighted by atomic mass is 9.83. The summed E-state index contributed by atoms with van der Waals surface area (Å²) >= 11 is 0. The number of phenolic OH excluding ortho intramolecular Hbond substituents is 4. The molecule has 0 atom stereocenters. The second kappa shape index (κ2) is 18.9. The third-order valence-corrected chi connectivity index (χ3v) is 13.1. The topological polar surface area (TPSA) is 128 Å². The summed E-state index contributed by atoms with van der Waals surface area (Å²) < 4.78 is 0. The van der Waals surface area contributed by atoms with Crippen LogP contribution in [0.15, 0.2) is 254 Å². The molecule has 0 heterocycles. The maximum atomic E-state index is 11.7. The molecule has 0 radical (unpaired) electrons. The molecule has 0 amide bonds. The number of hydrogen-bond donors (Lipinski definition) is 6. The minimum Gasteiger partial charge on any atom is -0.507 e. The summed E-state index contributed by atoms with van der Waals surface area (Å²) in [6.45, 7) is 0. The maximum absolute atomic E-state index is 11.7. The number of hydrogen-bond acceptors (Lipinski definition) is 8. The molecule has 8 heteroatoms. The van der Waals surface area contributed by atoms with Gasteiger partial charge in [0.1, 0.15) is 34.5 Å². The molecule has 6 N–H and O–H groups in total. The van der Waals surface area contributed by atoms with Crippen LogP contribution in [0.25, 0.3) is 55.7 Å². The van der Waals surface area contributed by atoms with Gasteiger partial charge in [-0.15, -0.1) is 0 Å². The van der Waals surface area contributed by atoms with Crippen molar-refractivity contribution >= 4 is 45.3 Å². The Kier molecular flexibility index (Phi) is 11.7. The molecule has 0 spiro atoms. The van der Waals surface area contributed by atoms with Gasteiger partial charge in [0.15, 0.2) is 0 Å². The number of anilines is 6. The van der Waals surface area contributed by atoms with E-state index in [1.54, 1.807) is 0 Å². The Balaban J connectivity index is 0.931. The molecule has 0 aliphatic heterocycles. The fourth-order valence-corrected chi connectivity index (χ4v) is 9.48. The van der Waals surface area contributed by atoms with E-state index in [4.69, 9.17) is 0 Å². The van der Waals surface area contributed by atoms with Gasteiger partial charge >= 0.3 is 0 Å². The zero-order valence-corrected chi connectivity index (χ0v) is 38.7. The minimum atomic E-state index is -0.543. The zero-order valence-electron chi connectivity index (χ0n) is 38.7. The summed E-state index contributed by atoms with van der Waals surface area (Å²) in [6, 6.07) is 77.6. The first-order chi connectivity index (χ1) is 35.2. The van der Waals surface area contributed by atoms with Crippen LogP contribution < -0.4 is 9.80 Å². The number of phenols is 4. The van der Waals surface area contributed by atoms with Crippen molar-refractivity contribution in [2.45, 2.75) is 0 Å². The van der Waals surface area contributed by atoms with Crippen molar-refractivity contribution in [2.75, 3.05) is 9.80 Å². The Morgan fingerprint density at radius 1 is 0.208 bits per heavy atom. The highest BCUT2D eigenvalue weighted by Gasteiger charge is 2.38. The number of aliphatic hydroxyl groups is 2. The van der Waals surface area contributed by atoms with Gasteiger partial charge in [0, 0.05) is 47.0 Å². The minimum absolute atomic E-state index is 0.226. The number of benzene rings is 10. The molecular formula is C64H46N2O6. The second-order valence-corrected chi connectivity index (χ2v) is 17.5. The third-order valence-electron chi connectivity index (χ3n) is 13.1. The van der Waals surface area contributed by atoms with Crippen LogP contribution in [-0.4, -0.2) is 30.6 Å². The van der Waals surface area contributed by atoms with Crippen LogP contribution in [0.2, 0.25) is 0 Å². The van der Waals surface area contributed by atoms with E-state index in [-0.39, 0.29) is 22.3 Å². The van der Waals surface area contributed by atoms with Gasteiger partial charge in [-0.1, -0.05) is 170 Å². The van der Waals surface area contributed by atoms with Gasteiger partial charge in [0.25, 0.3) is 0 Å². The van der Waals surface area contributed by atoms with Gasteiger partial charge in [-0.25, -0.2) is 0 Å². The predicted molar refractivity (Wildman–Crippen MR) is 290 cm³/mol. The molecule has 0 aromatic heterocycles. The van der Waals surface area contributed by atoms with Crippen LogP contribution >= 0.6 is 0 Å². The number of aliphatic hydroxyl groups excluding tert-OH is 2. The summed E-state index contributed by atoms with van der Waals surface area (Å²) in [5.74, 6) is -2.81. The normalized spacial score (nSPS) is 12.1. The SMILES string of the molecule is OC1=C(c2c(O)cc(N(c3ccc(-c4ccccc4)cc3)c3ccc(-c4ccccc4)cc3)cc2O)C(O)=C1c1c(O)cc(N(c2ccc(-c3ccccc3)cc2)c2ccc(-c3ccccc3)cc2)cc1O. The highest BCUT2D eigenvalue weighted by Crippen LogP contribution is 2.55. The summed E-state index contributed by atoms with van der Waals surface area (Å²) in [5.41, 5.74) is 11.1. The largest absolute Gasteiger partial charge is 0.507 e. The molecule has 72 heavy (non-hydrogen) atoms. The third kappa shape index (κ3) is 8.39. The van der Waals surface area contributed by atoms with E-state index in [0.717, 1.165) is 67.3 Å². The molecule has 10 aromatic rings. The van der Waals surface area contributed by atoms with E-state index >= 15 is 0 Å². The van der Waals surface area contributed by atoms with E-state index in [0.29, 0.717) is 11.4 Å². The fraction of sp³-hybridized carbons (Fsp3) is 0. The standard InChI is InChI=1S/C64H46N2O6/c67-55-37-53(65(49-29-21-45(22-30-49)41-13-5-1-6-14-41)50-31-23-46(24-32-50)42-15-7-2-8-16-42)38-56(68)59(55)61-63(71)62(64(61)72)60-57(69)39-54(40-58(60)70)66(51-33-25-47(26-34-51)43-17-9-3-10-18-43)52-35-27-48(28-36-52)44-19-11-4-12-20-44/h1-40,67-72H. The van der Waals surface area contributed by atoms with E-state index in [9.17, 15) is 30.6 Å². The molecule has 10 aromatic carbocycles. The number of aromatic hydroxyl groups is 4. The number of allylic oxidation sites excluding steroid dienone is 2. The van der Waals surface area contributed by atoms with Crippen LogP contribution in [0.5, 0.6) is 23.0 Å². The number of rotatable bonds is 12. The molecule has 0 bridgehead atoms. The van der Waals surface area contributed by atoms with Crippen LogP contribution in [0, 0.1) is 0 Å². The molecule has 0 saturated carbocycles. The molecule has 1 aliphatic carbocycles. The summed E-state index contributed by atoms with van der Waals surface area (Å²) in [6.07, 6.45) is 0. The van der Waals surface area contributed by atoms with Crippen LogP contribution in [0.3, 0.4) is 0 Å². The fourth-order valence-electron chi connectivity index (χ4n) is 9.48. The van der Waals surface area contributed by atoms with Crippen molar-refractivity contribution in [3.63, 3.8) is 0 Å². The molecule has 0 saturated heterocycles. The Morgan fingerprint density at radius 2 is 0.403 bits per heavy atom. The van der Waals surface area contributed by atoms with Crippen molar-refractivity contribution in [1.29, 1.82) is 0 Å². The van der Waals surface area contributed by atoms with Crippen LogP contribution in [-0.2, 0) is 0 Å². The van der Waals surface area contributed by atoms with Crippen molar-refractivity contribution in [3.05, 3.63) is 265 Å². The maximum Gasteiger partial charge on any atom is 0.139 e. The smallest absolute Gasteiger partial charge is 0.139 e. The van der Waals surface area contributed by atoms with E-state index in [1.807, 2.05) is 228 Å². The monoisotopic (exact) mass is 938 g/mol. The van der Waals surface area contributed by atoms with Crippen molar-refractivity contribution in [3.8, 4) is 67.5 Å². The van der Waals surface area contributed by atoms with Crippen molar-refractivity contribution in [1.82, 2.24) is 0 Å². The molecule has 11 rings (SSSR count). The Hall–Kier alpha value is -9.92. The van der Waals surface area contributed by atoms with Crippen molar-refractivity contribution in [2.24, 2.45) is 0 Å². The average Bonchev–Trinajstić information content (AvgIpc) is 3.42. The average molecular weight is 939 g/mol. The van der Waals surface area contributed by atoms with E-state index in [2.05, 4.69) is 0 Å². The molecule has 0 fully saturated rings. The Morgan fingerprint density at radius 3 is 0.611 bits per heavy atom. The molecular weight excluding hydrogens is 893 g/mol. The molecule has 1 aliphatic rings. The van der Waals surface area contributed by atoms with E-state index < -0.39 is 34.5 Å². The van der Waals surface area contributed by atoms with Gasteiger partial charge in [-0.2, -0.15) is 0 Å². The molecule has 0 unspecified atom stereocenters. The van der Waals surface area contributed by atoms with Gasteiger partial charge in [-0.3, -0.25) is 0 Å². The van der Waals surface area contributed by atoms with Gasteiger partial charge in [0.2, 0.25) is 0 Å². The first-order valence-electron chi connectivity index (χ1n) is 23.4. The van der Waals surface area contributed by atoms with E-state index in [1.165, 1.54) is 24.3 Å². The lowest BCUT2D eigenvalue weighted by molar-refractivity contribution is 0.382. The lowest BCUT2D eigenvalue weighted by Crippen LogP contribution is -2.14. The lowest BCUT2D eigenvalue weighted by Gasteiger charge is -2.29. The highest BCUT2D eigenvalue weighted by atomic mass is 16.3. The molecule has 8 nitrogen and oxygen atoms in total. The highest BCUT2D eigenvalue weighted by molar-refractivity contribution is 6.10. The summed E-state index contributed by atoms with van der Waals surface area (Å²) in [4.78, 5) is 3.78. The first-order valence-corrected chi connectivity index (χ1v) is 23.4. The first kappa shape index (κ1) is 44.6. The number of nitrogens with zero attached hydrogens (tertiary/aromatic N) is 2. The van der Waals surface area contributed by atoms with Gasteiger partial charge in [-0.05, 0) is 93.0 Å². The predicted octanol–water partition coefficient (Wildman–Crippen LogP) is 16.4. The Labute approximate surface area is 416 Å². The molecule has 348 valence electrons. The summed E-state index contributed by atoms with van der Waals surface area (Å²) in [5, 5.41) is 70.4. The zero-order chi connectivity index (χ0) is 49.3. The summed E-state index contributed by atoms with van der Waals surface area (Å²) in [7, 11) is 0. The Bertz CT molecular complexity index is 3170. The van der Waals surface area contributed by atoms with Crippen LogP contribution in [0.1, 0.15) is 11.1 Å². The van der Waals surface area contributed by atoms with Crippen molar-refractivity contribution < 1.29 is 30.6 Å².